The topological polar surface area (TPSA) is 40.5 Å². The lowest BCUT2D eigenvalue weighted by Crippen LogP contribution is -2.13. The van der Waals surface area contributed by atoms with E-state index in [-0.39, 0.29) is 12.2 Å². The SMILES string of the molecule is CCCCC(O)CCC(O)CCCCCCCC=S. The van der Waals surface area contributed by atoms with E-state index in [4.69, 9.17) is 12.2 Å². The van der Waals surface area contributed by atoms with Crippen LogP contribution in [0.15, 0.2) is 0 Å². The van der Waals surface area contributed by atoms with Crippen LogP contribution in [0.4, 0.5) is 0 Å². The number of rotatable bonds is 14. The zero-order valence-electron chi connectivity index (χ0n) is 12.5. The Hall–Kier alpha value is 0.01000. The van der Waals surface area contributed by atoms with Gasteiger partial charge in [0.1, 0.15) is 0 Å². The van der Waals surface area contributed by atoms with E-state index in [1.54, 1.807) is 0 Å². The fourth-order valence-corrected chi connectivity index (χ4v) is 2.42. The normalized spacial score (nSPS) is 14.3. The van der Waals surface area contributed by atoms with Crippen molar-refractivity contribution in [2.75, 3.05) is 0 Å². The summed E-state index contributed by atoms with van der Waals surface area (Å²) in [5, 5.41) is 21.3. The number of aliphatic hydroxyl groups is 2. The Balaban J connectivity index is 3.29. The van der Waals surface area contributed by atoms with E-state index >= 15 is 0 Å². The van der Waals surface area contributed by atoms with Crippen molar-refractivity contribution in [1.82, 2.24) is 0 Å². The van der Waals surface area contributed by atoms with Gasteiger partial charge in [-0.3, -0.25) is 0 Å². The van der Waals surface area contributed by atoms with Gasteiger partial charge in [-0.25, -0.2) is 0 Å². The van der Waals surface area contributed by atoms with Crippen molar-refractivity contribution < 1.29 is 10.2 Å². The molecule has 0 fully saturated rings. The molecule has 0 saturated carbocycles. The molecular weight excluding hydrogens is 256 g/mol. The summed E-state index contributed by atoms with van der Waals surface area (Å²) in [5.74, 6) is 0. The minimum Gasteiger partial charge on any atom is -0.393 e. The van der Waals surface area contributed by atoms with Crippen molar-refractivity contribution in [1.29, 1.82) is 0 Å². The second-order valence-corrected chi connectivity index (χ2v) is 5.87. The van der Waals surface area contributed by atoms with Crippen LogP contribution in [0.2, 0.25) is 0 Å². The summed E-state index contributed by atoms with van der Waals surface area (Å²) in [6.07, 6.45) is 12.1. The molecule has 114 valence electrons. The summed E-state index contributed by atoms with van der Waals surface area (Å²) >= 11 is 4.78. The van der Waals surface area contributed by atoms with Gasteiger partial charge < -0.3 is 10.2 Å². The molecule has 0 spiro atoms. The minimum atomic E-state index is -0.225. The third-order valence-electron chi connectivity index (χ3n) is 3.58. The maximum absolute atomic E-state index is 9.83. The molecule has 0 radical (unpaired) electrons. The van der Waals surface area contributed by atoms with Gasteiger partial charge in [-0.05, 0) is 43.9 Å². The van der Waals surface area contributed by atoms with Crippen LogP contribution < -0.4 is 0 Å². The van der Waals surface area contributed by atoms with Gasteiger partial charge in [0.15, 0.2) is 0 Å². The molecule has 0 aromatic heterocycles. The molecule has 0 amide bonds. The van der Waals surface area contributed by atoms with E-state index in [9.17, 15) is 10.2 Å². The van der Waals surface area contributed by atoms with Gasteiger partial charge in [0.2, 0.25) is 0 Å². The summed E-state index contributed by atoms with van der Waals surface area (Å²) in [5.41, 5.74) is 0. The van der Waals surface area contributed by atoms with E-state index in [1.807, 2.05) is 5.37 Å². The van der Waals surface area contributed by atoms with E-state index in [0.29, 0.717) is 0 Å². The highest BCUT2D eigenvalue weighted by Gasteiger charge is 2.08. The summed E-state index contributed by atoms with van der Waals surface area (Å²) in [6.45, 7) is 2.13. The summed E-state index contributed by atoms with van der Waals surface area (Å²) in [7, 11) is 0. The van der Waals surface area contributed by atoms with Crippen LogP contribution in [0.25, 0.3) is 0 Å². The molecule has 0 aromatic rings. The van der Waals surface area contributed by atoms with Crippen LogP contribution in [0.3, 0.4) is 0 Å². The van der Waals surface area contributed by atoms with E-state index in [2.05, 4.69) is 6.92 Å². The molecule has 2 nitrogen and oxygen atoms in total. The third-order valence-corrected chi connectivity index (χ3v) is 3.82. The van der Waals surface area contributed by atoms with Crippen molar-refractivity contribution in [2.24, 2.45) is 0 Å². The van der Waals surface area contributed by atoms with E-state index < -0.39 is 0 Å². The highest BCUT2D eigenvalue weighted by molar-refractivity contribution is 7.78. The zero-order chi connectivity index (χ0) is 14.3. The molecule has 0 saturated heterocycles. The maximum atomic E-state index is 9.83. The molecular formula is C16H32O2S. The molecule has 0 aliphatic rings. The van der Waals surface area contributed by atoms with Crippen LogP contribution in [0, 0.1) is 0 Å². The maximum Gasteiger partial charge on any atom is 0.0541 e. The molecule has 0 aromatic carbocycles. The number of hydrogen-bond donors (Lipinski definition) is 2. The molecule has 0 aliphatic heterocycles. The fourth-order valence-electron chi connectivity index (χ4n) is 2.25. The third kappa shape index (κ3) is 14.2. The van der Waals surface area contributed by atoms with E-state index in [1.165, 1.54) is 25.7 Å². The number of hydrogen-bond acceptors (Lipinski definition) is 3. The second-order valence-electron chi connectivity index (χ2n) is 5.54. The number of thiocarbonyl (C=S) groups is 1. The van der Waals surface area contributed by atoms with Crippen LogP contribution in [0.1, 0.15) is 84.0 Å². The minimum absolute atomic E-state index is 0.218. The molecule has 2 atom stereocenters. The first-order chi connectivity index (χ1) is 9.20. The second kappa shape index (κ2) is 14.4. The van der Waals surface area contributed by atoms with Crippen molar-refractivity contribution in [3.05, 3.63) is 0 Å². The van der Waals surface area contributed by atoms with Crippen LogP contribution in [0.5, 0.6) is 0 Å². The largest absolute Gasteiger partial charge is 0.393 e. The van der Waals surface area contributed by atoms with Crippen molar-refractivity contribution in [3.8, 4) is 0 Å². The van der Waals surface area contributed by atoms with Gasteiger partial charge in [0.25, 0.3) is 0 Å². The Morgan fingerprint density at radius 3 is 1.89 bits per heavy atom. The van der Waals surface area contributed by atoms with Gasteiger partial charge in [0.05, 0.1) is 12.2 Å². The van der Waals surface area contributed by atoms with Gasteiger partial charge in [-0.2, -0.15) is 0 Å². The van der Waals surface area contributed by atoms with Crippen molar-refractivity contribution >= 4 is 17.6 Å². The van der Waals surface area contributed by atoms with Gasteiger partial charge in [-0.15, -0.1) is 0 Å². The zero-order valence-corrected chi connectivity index (χ0v) is 13.3. The molecule has 0 rings (SSSR count). The summed E-state index contributed by atoms with van der Waals surface area (Å²) in [4.78, 5) is 0. The lowest BCUT2D eigenvalue weighted by molar-refractivity contribution is 0.101. The highest BCUT2D eigenvalue weighted by atomic mass is 32.1. The first-order valence-electron chi connectivity index (χ1n) is 8.00. The molecule has 2 unspecified atom stereocenters. The van der Waals surface area contributed by atoms with Gasteiger partial charge >= 0.3 is 0 Å². The highest BCUT2D eigenvalue weighted by Crippen LogP contribution is 2.14. The van der Waals surface area contributed by atoms with Crippen LogP contribution in [-0.2, 0) is 0 Å². The summed E-state index contributed by atoms with van der Waals surface area (Å²) in [6, 6.07) is 0. The predicted molar refractivity (Wildman–Crippen MR) is 86.7 cm³/mol. The Kier molecular flexibility index (Phi) is 14.4. The molecule has 3 heteroatoms. The molecule has 0 aliphatic carbocycles. The average Bonchev–Trinajstić information content (AvgIpc) is 2.41. The quantitative estimate of drug-likeness (QED) is 0.367. The van der Waals surface area contributed by atoms with Crippen LogP contribution in [-0.4, -0.2) is 27.8 Å². The van der Waals surface area contributed by atoms with Crippen LogP contribution >= 0.6 is 12.2 Å². The van der Waals surface area contributed by atoms with Crippen molar-refractivity contribution in [2.45, 2.75) is 96.2 Å². The molecule has 0 heterocycles. The van der Waals surface area contributed by atoms with Gasteiger partial charge in [0, 0.05) is 0 Å². The van der Waals surface area contributed by atoms with Crippen molar-refractivity contribution in [3.63, 3.8) is 0 Å². The molecule has 2 N–H and O–H groups in total. The Bertz CT molecular complexity index is 197. The first kappa shape index (κ1) is 19.0. The number of aliphatic hydroxyl groups excluding tert-OH is 2. The molecule has 0 bridgehead atoms. The lowest BCUT2D eigenvalue weighted by atomic mass is 10.0. The standard InChI is InChI=1S/C16H32O2S/c1-2-3-10-15(17)12-13-16(18)11-8-6-4-5-7-9-14-19/h14-18H,2-13H2,1H3. The lowest BCUT2D eigenvalue weighted by Gasteiger charge is -2.14. The van der Waals surface area contributed by atoms with E-state index in [0.717, 1.165) is 51.4 Å². The predicted octanol–water partition coefficient (Wildman–Crippen LogP) is 4.41. The first-order valence-corrected chi connectivity index (χ1v) is 8.47. The Morgan fingerprint density at radius 2 is 1.32 bits per heavy atom. The smallest absolute Gasteiger partial charge is 0.0541 e. The number of unbranched alkanes of at least 4 members (excludes halogenated alkanes) is 6. The molecule has 19 heavy (non-hydrogen) atoms. The summed E-state index contributed by atoms with van der Waals surface area (Å²) < 4.78 is 0. The monoisotopic (exact) mass is 288 g/mol. The average molecular weight is 288 g/mol. The fraction of sp³-hybridized carbons (Fsp3) is 0.938. The Labute approximate surface area is 124 Å². The van der Waals surface area contributed by atoms with Gasteiger partial charge in [-0.1, -0.05) is 57.7 Å². The Morgan fingerprint density at radius 1 is 0.789 bits per heavy atom.